The van der Waals surface area contributed by atoms with Gasteiger partial charge in [0.2, 0.25) is 0 Å². The molecule has 0 saturated carbocycles. The molecule has 0 spiro atoms. The molecular weight excluding hydrogens is 258 g/mol. The van der Waals surface area contributed by atoms with E-state index in [2.05, 4.69) is 38.2 Å². The Balaban J connectivity index is 2.18. The summed E-state index contributed by atoms with van der Waals surface area (Å²) in [5.74, 6) is -0.0277. The molecule has 0 aliphatic rings. The third-order valence-corrected chi connectivity index (χ3v) is 4.01. The number of rotatable bonds is 3. The maximum Gasteiger partial charge on any atom is 0.251 e. The number of nitrogens with one attached hydrogen (secondary N) is 1. The second kappa shape index (κ2) is 6.13. The second-order valence-corrected chi connectivity index (χ2v) is 5.85. The van der Waals surface area contributed by atoms with Crippen LogP contribution in [-0.4, -0.2) is 5.91 Å². The monoisotopic (exact) mass is 281 g/mol. The fourth-order valence-electron chi connectivity index (χ4n) is 2.51. The predicted octanol–water partition coefficient (Wildman–Crippen LogP) is 4.41. The minimum absolute atomic E-state index is 0.00176. The Kier molecular flexibility index (Phi) is 4.46. The number of hydrogen-bond acceptors (Lipinski definition) is 1. The summed E-state index contributed by atoms with van der Waals surface area (Å²) in [6.45, 7) is 10.4. The van der Waals surface area contributed by atoms with Gasteiger partial charge in [0.15, 0.2) is 0 Å². The highest BCUT2D eigenvalue weighted by molar-refractivity contribution is 5.94. The predicted molar refractivity (Wildman–Crippen MR) is 87.7 cm³/mol. The number of carbonyl (C=O) groups excluding carboxylic acids is 1. The highest BCUT2D eigenvalue weighted by Crippen LogP contribution is 2.22. The van der Waals surface area contributed by atoms with Gasteiger partial charge in [-0.1, -0.05) is 29.8 Å². The van der Waals surface area contributed by atoms with E-state index in [-0.39, 0.29) is 11.9 Å². The first kappa shape index (κ1) is 15.3. The minimum Gasteiger partial charge on any atom is -0.346 e. The number of carbonyl (C=O) groups is 1. The molecule has 0 radical (unpaired) electrons. The average Bonchev–Trinajstić information content (AvgIpc) is 2.43. The largest absolute Gasteiger partial charge is 0.346 e. The molecule has 0 heterocycles. The average molecular weight is 281 g/mol. The van der Waals surface area contributed by atoms with Crippen molar-refractivity contribution < 1.29 is 4.79 Å². The third kappa shape index (κ3) is 3.52. The molecule has 21 heavy (non-hydrogen) atoms. The molecule has 0 aromatic heterocycles. The molecule has 2 nitrogen and oxygen atoms in total. The van der Waals surface area contributed by atoms with Crippen LogP contribution in [0.5, 0.6) is 0 Å². The first-order valence-corrected chi connectivity index (χ1v) is 7.33. The van der Waals surface area contributed by atoms with Crippen LogP contribution in [0.4, 0.5) is 0 Å². The quantitative estimate of drug-likeness (QED) is 0.887. The molecule has 2 aromatic rings. The first-order valence-electron chi connectivity index (χ1n) is 7.33. The summed E-state index contributed by atoms with van der Waals surface area (Å²) in [6, 6.07) is 12.0. The summed E-state index contributed by atoms with van der Waals surface area (Å²) in [7, 11) is 0. The van der Waals surface area contributed by atoms with Crippen LogP contribution in [0.3, 0.4) is 0 Å². The van der Waals surface area contributed by atoms with Crippen molar-refractivity contribution in [2.45, 2.75) is 40.7 Å². The smallest absolute Gasteiger partial charge is 0.251 e. The first-order chi connectivity index (χ1) is 9.88. The Bertz CT molecular complexity index is 656. The number of hydrogen-bond donors (Lipinski definition) is 1. The van der Waals surface area contributed by atoms with Gasteiger partial charge in [-0.2, -0.15) is 0 Å². The molecule has 2 heteroatoms. The standard InChI is InChI=1S/C19H23NO/c1-12-6-8-17(9-7-12)19(21)20-16(5)18-11-14(3)13(2)10-15(18)4/h6-11,16H,1-5H3,(H,20,21)/t16-/m1/s1. The van der Waals surface area contributed by atoms with E-state index >= 15 is 0 Å². The van der Waals surface area contributed by atoms with Gasteiger partial charge in [0.05, 0.1) is 6.04 Å². The van der Waals surface area contributed by atoms with Gasteiger partial charge in [0, 0.05) is 5.56 Å². The molecule has 1 amide bonds. The Morgan fingerprint density at radius 2 is 1.48 bits per heavy atom. The lowest BCUT2D eigenvalue weighted by Gasteiger charge is -2.18. The normalized spacial score (nSPS) is 12.0. The van der Waals surface area contributed by atoms with Gasteiger partial charge >= 0.3 is 0 Å². The highest BCUT2D eigenvalue weighted by atomic mass is 16.1. The van der Waals surface area contributed by atoms with E-state index in [1.54, 1.807) is 0 Å². The van der Waals surface area contributed by atoms with Crippen molar-refractivity contribution >= 4 is 5.91 Å². The summed E-state index contributed by atoms with van der Waals surface area (Å²) >= 11 is 0. The van der Waals surface area contributed by atoms with E-state index in [1.807, 2.05) is 38.1 Å². The van der Waals surface area contributed by atoms with Crippen molar-refractivity contribution in [1.82, 2.24) is 5.32 Å². The lowest BCUT2D eigenvalue weighted by molar-refractivity contribution is 0.0940. The fourth-order valence-corrected chi connectivity index (χ4v) is 2.51. The Labute approximate surface area is 127 Å². The van der Waals surface area contributed by atoms with Gasteiger partial charge < -0.3 is 5.32 Å². The summed E-state index contributed by atoms with van der Waals surface area (Å²) in [4.78, 5) is 12.3. The van der Waals surface area contributed by atoms with Crippen LogP contribution in [0.15, 0.2) is 36.4 Å². The van der Waals surface area contributed by atoms with Gasteiger partial charge in [-0.3, -0.25) is 4.79 Å². The molecule has 0 fully saturated rings. The molecule has 0 aliphatic carbocycles. The summed E-state index contributed by atoms with van der Waals surface area (Å²) in [5, 5.41) is 3.08. The van der Waals surface area contributed by atoms with Crippen LogP contribution in [-0.2, 0) is 0 Å². The van der Waals surface area contributed by atoms with Gasteiger partial charge in [-0.15, -0.1) is 0 Å². The molecule has 2 rings (SSSR count). The van der Waals surface area contributed by atoms with E-state index in [9.17, 15) is 4.79 Å². The van der Waals surface area contributed by atoms with Crippen LogP contribution in [0, 0.1) is 27.7 Å². The number of aryl methyl sites for hydroxylation is 4. The number of amides is 1. The van der Waals surface area contributed by atoms with Gasteiger partial charge in [0.25, 0.3) is 5.91 Å². The van der Waals surface area contributed by atoms with Crippen LogP contribution < -0.4 is 5.32 Å². The van der Waals surface area contributed by atoms with E-state index in [0.717, 1.165) is 5.56 Å². The zero-order chi connectivity index (χ0) is 15.6. The van der Waals surface area contributed by atoms with E-state index < -0.39 is 0 Å². The highest BCUT2D eigenvalue weighted by Gasteiger charge is 2.14. The minimum atomic E-state index is -0.0277. The molecule has 0 aliphatic heterocycles. The maximum absolute atomic E-state index is 12.3. The lowest BCUT2D eigenvalue weighted by Crippen LogP contribution is -2.27. The molecule has 0 bridgehead atoms. The third-order valence-electron chi connectivity index (χ3n) is 4.01. The van der Waals surface area contributed by atoms with Crippen LogP contribution in [0.1, 0.15) is 51.1 Å². The van der Waals surface area contributed by atoms with Gasteiger partial charge in [0.1, 0.15) is 0 Å². The molecular formula is C19H23NO. The summed E-state index contributed by atoms with van der Waals surface area (Å²) in [5.41, 5.74) is 6.80. The van der Waals surface area contributed by atoms with E-state index in [0.29, 0.717) is 5.56 Å². The van der Waals surface area contributed by atoms with Crippen LogP contribution in [0.25, 0.3) is 0 Å². The summed E-state index contributed by atoms with van der Waals surface area (Å²) < 4.78 is 0. The van der Waals surface area contributed by atoms with Crippen LogP contribution in [0.2, 0.25) is 0 Å². The van der Waals surface area contributed by atoms with Crippen molar-refractivity contribution in [3.8, 4) is 0 Å². The van der Waals surface area contributed by atoms with Crippen molar-refractivity contribution in [2.75, 3.05) is 0 Å². The van der Waals surface area contributed by atoms with Crippen LogP contribution >= 0.6 is 0 Å². The van der Waals surface area contributed by atoms with Gasteiger partial charge in [-0.25, -0.2) is 0 Å². The Morgan fingerprint density at radius 1 is 0.905 bits per heavy atom. The zero-order valence-corrected chi connectivity index (χ0v) is 13.4. The fraction of sp³-hybridized carbons (Fsp3) is 0.316. The van der Waals surface area contributed by atoms with Crippen molar-refractivity contribution in [1.29, 1.82) is 0 Å². The van der Waals surface area contributed by atoms with Crippen molar-refractivity contribution in [2.24, 2.45) is 0 Å². The molecule has 2 aromatic carbocycles. The second-order valence-electron chi connectivity index (χ2n) is 5.85. The maximum atomic E-state index is 12.3. The van der Waals surface area contributed by atoms with Gasteiger partial charge in [-0.05, 0) is 69.0 Å². The molecule has 0 saturated heterocycles. The summed E-state index contributed by atoms with van der Waals surface area (Å²) in [6.07, 6.45) is 0. The molecule has 110 valence electrons. The Morgan fingerprint density at radius 3 is 2.10 bits per heavy atom. The van der Waals surface area contributed by atoms with E-state index in [1.165, 1.54) is 22.3 Å². The zero-order valence-electron chi connectivity index (χ0n) is 13.4. The van der Waals surface area contributed by atoms with Crippen molar-refractivity contribution in [3.63, 3.8) is 0 Å². The lowest BCUT2D eigenvalue weighted by atomic mass is 9.96. The number of benzene rings is 2. The van der Waals surface area contributed by atoms with E-state index in [4.69, 9.17) is 0 Å². The Hall–Kier alpha value is -2.09. The van der Waals surface area contributed by atoms with Crippen molar-refractivity contribution in [3.05, 3.63) is 69.8 Å². The topological polar surface area (TPSA) is 29.1 Å². The SMILES string of the molecule is Cc1ccc(C(=O)N[C@H](C)c2cc(C)c(C)cc2C)cc1. The molecule has 1 atom stereocenters. The molecule has 1 N–H and O–H groups in total. The molecule has 0 unspecified atom stereocenters.